The first kappa shape index (κ1) is 13.1. The van der Waals surface area contributed by atoms with Crippen molar-refractivity contribution >= 4 is 5.69 Å². The van der Waals surface area contributed by atoms with Crippen molar-refractivity contribution in [3.63, 3.8) is 0 Å². The molecule has 1 aromatic carbocycles. The predicted octanol–water partition coefficient (Wildman–Crippen LogP) is 0.290. The van der Waals surface area contributed by atoms with Gasteiger partial charge in [-0.25, -0.2) is 0 Å². The van der Waals surface area contributed by atoms with Crippen molar-refractivity contribution in [3.05, 3.63) is 23.8 Å². The molecule has 0 amide bonds. The van der Waals surface area contributed by atoms with Crippen LogP contribution in [0.5, 0.6) is 5.75 Å². The summed E-state index contributed by atoms with van der Waals surface area (Å²) in [5.74, 6) is 0.610. The molecule has 3 atom stereocenters. The molecule has 0 radical (unpaired) electrons. The van der Waals surface area contributed by atoms with Gasteiger partial charge in [-0.1, -0.05) is 6.07 Å². The molecular formula is C13H19NO4. The van der Waals surface area contributed by atoms with E-state index < -0.39 is 18.3 Å². The summed E-state index contributed by atoms with van der Waals surface area (Å²) >= 11 is 0. The van der Waals surface area contributed by atoms with Crippen molar-refractivity contribution in [1.82, 2.24) is 0 Å². The fourth-order valence-corrected chi connectivity index (χ4v) is 2.37. The number of aliphatic hydroxyl groups is 3. The highest BCUT2D eigenvalue weighted by atomic mass is 16.5. The van der Waals surface area contributed by atoms with E-state index in [-0.39, 0.29) is 0 Å². The van der Waals surface area contributed by atoms with Crippen LogP contribution in [0.1, 0.15) is 18.6 Å². The maximum absolute atomic E-state index is 9.88. The van der Waals surface area contributed by atoms with Gasteiger partial charge in [-0.15, -0.1) is 0 Å². The van der Waals surface area contributed by atoms with E-state index in [2.05, 4.69) is 0 Å². The lowest BCUT2D eigenvalue weighted by Gasteiger charge is -2.24. The Morgan fingerprint density at radius 1 is 1.28 bits per heavy atom. The van der Waals surface area contributed by atoms with Crippen LogP contribution in [0.25, 0.3) is 0 Å². The molecular weight excluding hydrogens is 234 g/mol. The highest BCUT2D eigenvalue weighted by molar-refractivity contribution is 5.61. The second-order valence-electron chi connectivity index (χ2n) is 4.61. The largest absolute Gasteiger partial charge is 0.496 e. The summed E-state index contributed by atoms with van der Waals surface area (Å²) < 4.78 is 5.25. The molecule has 5 heteroatoms. The highest BCUT2D eigenvalue weighted by Crippen LogP contribution is 2.35. The minimum atomic E-state index is -0.752. The number of β-amino-alcohol motifs (C(OH)–C–C–N with tert-alkyl or cyclic N) is 2. The zero-order chi connectivity index (χ0) is 13.3. The maximum Gasteiger partial charge on any atom is 0.126 e. The van der Waals surface area contributed by atoms with Crippen molar-refractivity contribution in [3.8, 4) is 5.75 Å². The molecule has 0 spiro atoms. The van der Waals surface area contributed by atoms with Crippen molar-refractivity contribution in [2.75, 3.05) is 25.1 Å². The number of hydrogen-bond acceptors (Lipinski definition) is 5. The van der Waals surface area contributed by atoms with Crippen LogP contribution in [-0.4, -0.2) is 47.7 Å². The first-order valence-electron chi connectivity index (χ1n) is 6.00. The van der Waals surface area contributed by atoms with Gasteiger partial charge >= 0.3 is 0 Å². The summed E-state index contributed by atoms with van der Waals surface area (Å²) in [5.41, 5.74) is 1.47. The summed E-state index contributed by atoms with van der Waals surface area (Å²) in [6.45, 7) is 2.38. The van der Waals surface area contributed by atoms with Crippen LogP contribution in [0.3, 0.4) is 0 Å². The lowest BCUT2D eigenvalue weighted by atomic mass is 10.1. The number of nitrogens with zero attached hydrogens (tertiary/aromatic N) is 1. The number of benzene rings is 1. The third kappa shape index (κ3) is 2.29. The third-order valence-corrected chi connectivity index (χ3v) is 3.28. The fraction of sp³-hybridized carbons (Fsp3) is 0.538. The quantitative estimate of drug-likeness (QED) is 0.722. The first-order valence-corrected chi connectivity index (χ1v) is 6.00. The lowest BCUT2D eigenvalue weighted by Crippen LogP contribution is -2.23. The maximum atomic E-state index is 9.88. The molecule has 1 heterocycles. The van der Waals surface area contributed by atoms with E-state index in [1.165, 1.54) is 0 Å². The Kier molecular flexibility index (Phi) is 3.75. The van der Waals surface area contributed by atoms with Gasteiger partial charge in [0, 0.05) is 24.3 Å². The van der Waals surface area contributed by atoms with Gasteiger partial charge in [-0.2, -0.15) is 0 Å². The van der Waals surface area contributed by atoms with Crippen molar-refractivity contribution < 1.29 is 20.1 Å². The van der Waals surface area contributed by atoms with Crippen molar-refractivity contribution in [2.24, 2.45) is 0 Å². The summed E-state index contributed by atoms with van der Waals surface area (Å²) in [4.78, 5) is 1.86. The first-order chi connectivity index (χ1) is 8.54. The molecule has 2 unspecified atom stereocenters. The van der Waals surface area contributed by atoms with Crippen molar-refractivity contribution in [1.29, 1.82) is 0 Å². The second-order valence-corrected chi connectivity index (χ2v) is 4.61. The smallest absolute Gasteiger partial charge is 0.126 e. The Morgan fingerprint density at radius 2 is 1.89 bits per heavy atom. The normalized spacial score (nSPS) is 25.3. The average Bonchev–Trinajstić information content (AvgIpc) is 2.68. The monoisotopic (exact) mass is 253 g/mol. The Labute approximate surface area is 106 Å². The molecule has 1 fully saturated rings. The van der Waals surface area contributed by atoms with Crippen LogP contribution in [0.4, 0.5) is 5.69 Å². The van der Waals surface area contributed by atoms with Gasteiger partial charge in [0.05, 0.1) is 25.4 Å². The van der Waals surface area contributed by atoms with Crippen LogP contribution in [-0.2, 0) is 0 Å². The van der Waals surface area contributed by atoms with E-state index in [1.54, 1.807) is 20.1 Å². The third-order valence-electron chi connectivity index (χ3n) is 3.28. The second kappa shape index (κ2) is 5.14. The Balaban J connectivity index is 2.38. The van der Waals surface area contributed by atoms with Crippen molar-refractivity contribution in [2.45, 2.75) is 25.2 Å². The SMILES string of the molecule is COc1cccc(N2CC(O)C(O)C2)c1[C@H](C)O. The minimum absolute atomic E-state index is 0.355. The lowest BCUT2D eigenvalue weighted by molar-refractivity contribution is 0.0572. The van der Waals surface area contributed by atoms with E-state index in [1.807, 2.05) is 17.0 Å². The van der Waals surface area contributed by atoms with Crippen LogP contribution in [0, 0.1) is 0 Å². The molecule has 1 aromatic rings. The molecule has 1 aliphatic rings. The number of aliphatic hydroxyl groups excluding tert-OH is 3. The van der Waals surface area contributed by atoms with E-state index in [4.69, 9.17) is 4.74 Å². The fourth-order valence-electron chi connectivity index (χ4n) is 2.37. The number of rotatable bonds is 3. The van der Waals surface area contributed by atoms with Crippen LogP contribution in [0.15, 0.2) is 18.2 Å². The molecule has 0 aliphatic carbocycles. The van der Waals surface area contributed by atoms with Gasteiger partial charge in [0.2, 0.25) is 0 Å². The summed E-state index contributed by atoms with van der Waals surface area (Å²) in [5, 5.41) is 29.1. The molecule has 1 aliphatic heterocycles. The Hall–Kier alpha value is -1.30. The molecule has 3 N–H and O–H groups in total. The summed E-state index contributed by atoms with van der Waals surface area (Å²) in [6, 6.07) is 5.47. The minimum Gasteiger partial charge on any atom is -0.496 e. The van der Waals surface area contributed by atoms with Gasteiger partial charge in [-0.3, -0.25) is 0 Å². The van der Waals surface area contributed by atoms with E-state index in [0.29, 0.717) is 24.4 Å². The Bertz CT molecular complexity index is 411. The van der Waals surface area contributed by atoms with Gasteiger partial charge in [0.1, 0.15) is 5.75 Å². The van der Waals surface area contributed by atoms with E-state index in [0.717, 1.165) is 5.69 Å². The molecule has 18 heavy (non-hydrogen) atoms. The number of hydrogen-bond donors (Lipinski definition) is 3. The van der Waals surface area contributed by atoms with Crippen LogP contribution < -0.4 is 9.64 Å². The predicted molar refractivity (Wildman–Crippen MR) is 67.9 cm³/mol. The number of methoxy groups -OCH3 is 1. The van der Waals surface area contributed by atoms with Gasteiger partial charge in [0.25, 0.3) is 0 Å². The molecule has 0 bridgehead atoms. The molecule has 1 saturated heterocycles. The topological polar surface area (TPSA) is 73.2 Å². The van der Waals surface area contributed by atoms with Gasteiger partial charge in [-0.05, 0) is 19.1 Å². The molecule has 2 rings (SSSR count). The molecule has 0 aromatic heterocycles. The van der Waals surface area contributed by atoms with Gasteiger partial charge in [0.15, 0.2) is 0 Å². The number of anilines is 1. The summed E-state index contributed by atoms with van der Waals surface area (Å²) in [7, 11) is 1.55. The Morgan fingerprint density at radius 3 is 2.39 bits per heavy atom. The molecule has 5 nitrogen and oxygen atoms in total. The zero-order valence-electron chi connectivity index (χ0n) is 10.6. The van der Waals surface area contributed by atoms with Gasteiger partial charge < -0.3 is 25.0 Å². The molecule has 100 valence electrons. The van der Waals surface area contributed by atoms with Crippen LogP contribution >= 0.6 is 0 Å². The standard InChI is InChI=1S/C13H19NO4/c1-8(15)13-9(4-3-5-12(13)18-2)14-6-10(16)11(17)7-14/h3-5,8,10-11,15-17H,6-7H2,1-2H3/t8-,10?,11?/m0/s1. The zero-order valence-corrected chi connectivity index (χ0v) is 10.6. The highest BCUT2D eigenvalue weighted by Gasteiger charge is 2.31. The average molecular weight is 253 g/mol. The van der Waals surface area contributed by atoms with E-state index >= 15 is 0 Å². The number of ether oxygens (including phenoxy) is 1. The summed E-state index contributed by atoms with van der Waals surface area (Å²) in [6.07, 6.45) is -2.18. The molecule has 0 saturated carbocycles. The van der Waals surface area contributed by atoms with Crippen LogP contribution in [0.2, 0.25) is 0 Å². The van der Waals surface area contributed by atoms with E-state index in [9.17, 15) is 15.3 Å².